The number of benzene rings is 1. The fraction of sp³-hybridized carbons (Fsp3) is 0.625. The standard InChI is InChI=1S/C16H26N2S/c1-2-13-19-15-7-5-14(6-8-15)16(9-10-17)18-11-3-4-12-18/h5-8,16H,2-4,9-13,17H2,1H3. The van der Waals surface area contributed by atoms with E-state index in [0.717, 1.165) is 13.0 Å². The van der Waals surface area contributed by atoms with Gasteiger partial charge >= 0.3 is 0 Å². The molecule has 1 fully saturated rings. The molecule has 0 bridgehead atoms. The van der Waals surface area contributed by atoms with Crippen LogP contribution in [0.4, 0.5) is 0 Å². The number of nitrogens with zero attached hydrogens (tertiary/aromatic N) is 1. The highest BCUT2D eigenvalue weighted by Gasteiger charge is 2.22. The van der Waals surface area contributed by atoms with Crippen LogP contribution in [0.25, 0.3) is 0 Å². The van der Waals surface area contributed by atoms with Crippen LogP contribution in [-0.4, -0.2) is 30.3 Å². The van der Waals surface area contributed by atoms with Crippen molar-refractivity contribution in [1.82, 2.24) is 4.90 Å². The van der Waals surface area contributed by atoms with Crippen molar-refractivity contribution in [3.63, 3.8) is 0 Å². The summed E-state index contributed by atoms with van der Waals surface area (Å²) in [7, 11) is 0. The molecule has 106 valence electrons. The zero-order chi connectivity index (χ0) is 13.5. The van der Waals surface area contributed by atoms with Crippen LogP contribution in [-0.2, 0) is 0 Å². The van der Waals surface area contributed by atoms with Gasteiger partial charge in [-0.2, -0.15) is 0 Å². The number of likely N-dealkylation sites (tertiary alicyclic amines) is 1. The Morgan fingerprint density at radius 1 is 1.21 bits per heavy atom. The molecule has 1 aliphatic rings. The summed E-state index contributed by atoms with van der Waals surface area (Å²) in [6.07, 6.45) is 4.98. The molecule has 1 aromatic carbocycles. The van der Waals surface area contributed by atoms with Crippen LogP contribution in [0.15, 0.2) is 29.2 Å². The molecule has 2 N–H and O–H groups in total. The zero-order valence-electron chi connectivity index (χ0n) is 12.0. The van der Waals surface area contributed by atoms with Crippen LogP contribution in [0.5, 0.6) is 0 Å². The van der Waals surface area contributed by atoms with Crippen molar-refractivity contribution >= 4 is 11.8 Å². The van der Waals surface area contributed by atoms with Crippen molar-refractivity contribution < 1.29 is 0 Å². The number of rotatable bonds is 7. The molecule has 2 nitrogen and oxygen atoms in total. The predicted molar refractivity (Wildman–Crippen MR) is 84.7 cm³/mol. The number of nitrogens with two attached hydrogens (primary N) is 1. The summed E-state index contributed by atoms with van der Waals surface area (Å²) in [6.45, 7) is 5.47. The Morgan fingerprint density at radius 3 is 2.47 bits per heavy atom. The Morgan fingerprint density at radius 2 is 1.89 bits per heavy atom. The van der Waals surface area contributed by atoms with E-state index in [1.807, 2.05) is 11.8 Å². The summed E-state index contributed by atoms with van der Waals surface area (Å²) < 4.78 is 0. The highest BCUT2D eigenvalue weighted by Crippen LogP contribution is 2.29. The van der Waals surface area contributed by atoms with Crippen molar-refractivity contribution in [2.24, 2.45) is 5.73 Å². The maximum atomic E-state index is 5.80. The van der Waals surface area contributed by atoms with Crippen LogP contribution in [0.1, 0.15) is 44.2 Å². The van der Waals surface area contributed by atoms with Gasteiger partial charge in [0.1, 0.15) is 0 Å². The molecule has 0 aromatic heterocycles. The lowest BCUT2D eigenvalue weighted by Gasteiger charge is -2.27. The molecule has 1 atom stereocenters. The Labute approximate surface area is 121 Å². The van der Waals surface area contributed by atoms with E-state index in [0.29, 0.717) is 6.04 Å². The zero-order valence-corrected chi connectivity index (χ0v) is 12.8. The molecule has 1 aromatic rings. The molecule has 0 radical (unpaired) electrons. The minimum Gasteiger partial charge on any atom is -0.330 e. The van der Waals surface area contributed by atoms with Gasteiger partial charge in [0.05, 0.1) is 0 Å². The molecular weight excluding hydrogens is 252 g/mol. The third-order valence-electron chi connectivity index (χ3n) is 3.76. The lowest BCUT2D eigenvalue weighted by molar-refractivity contribution is 0.236. The Kier molecular flexibility index (Phi) is 6.21. The van der Waals surface area contributed by atoms with E-state index in [9.17, 15) is 0 Å². The summed E-state index contributed by atoms with van der Waals surface area (Å²) in [6, 6.07) is 9.68. The van der Waals surface area contributed by atoms with Gasteiger partial charge < -0.3 is 5.73 Å². The summed E-state index contributed by atoms with van der Waals surface area (Å²) in [5, 5.41) is 0. The average Bonchev–Trinajstić information content (AvgIpc) is 2.97. The third-order valence-corrected chi connectivity index (χ3v) is 4.98. The third kappa shape index (κ3) is 4.23. The summed E-state index contributed by atoms with van der Waals surface area (Å²) >= 11 is 1.95. The summed E-state index contributed by atoms with van der Waals surface area (Å²) in [4.78, 5) is 3.99. The van der Waals surface area contributed by atoms with Gasteiger partial charge in [0.15, 0.2) is 0 Å². The molecule has 0 saturated carbocycles. The van der Waals surface area contributed by atoms with Gasteiger partial charge in [-0.15, -0.1) is 11.8 Å². The van der Waals surface area contributed by atoms with Gasteiger partial charge in [0, 0.05) is 10.9 Å². The minimum atomic E-state index is 0.526. The van der Waals surface area contributed by atoms with Crippen LogP contribution in [0.2, 0.25) is 0 Å². The molecule has 1 heterocycles. The largest absolute Gasteiger partial charge is 0.330 e. The van der Waals surface area contributed by atoms with Crippen molar-refractivity contribution in [2.75, 3.05) is 25.4 Å². The summed E-state index contributed by atoms with van der Waals surface area (Å²) in [5.41, 5.74) is 7.24. The second-order valence-electron chi connectivity index (χ2n) is 5.25. The topological polar surface area (TPSA) is 29.3 Å². The monoisotopic (exact) mass is 278 g/mol. The van der Waals surface area contributed by atoms with Crippen LogP contribution in [0, 0.1) is 0 Å². The van der Waals surface area contributed by atoms with Gasteiger partial charge in [-0.25, -0.2) is 0 Å². The van der Waals surface area contributed by atoms with Crippen LogP contribution in [0.3, 0.4) is 0 Å². The van der Waals surface area contributed by atoms with E-state index in [4.69, 9.17) is 5.73 Å². The first kappa shape index (κ1) is 14.9. The van der Waals surface area contributed by atoms with Gasteiger partial charge in [-0.1, -0.05) is 19.1 Å². The molecule has 1 aliphatic heterocycles. The molecule has 0 spiro atoms. The highest BCUT2D eigenvalue weighted by molar-refractivity contribution is 7.99. The quantitative estimate of drug-likeness (QED) is 0.772. The van der Waals surface area contributed by atoms with E-state index in [2.05, 4.69) is 36.1 Å². The first-order valence-corrected chi connectivity index (χ1v) is 8.50. The fourth-order valence-electron chi connectivity index (χ4n) is 2.78. The second-order valence-corrected chi connectivity index (χ2v) is 6.42. The number of thioether (sulfide) groups is 1. The fourth-order valence-corrected chi connectivity index (χ4v) is 3.55. The van der Waals surface area contributed by atoms with Gasteiger partial charge in [0.2, 0.25) is 0 Å². The molecule has 1 unspecified atom stereocenters. The predicted octanol–water partition coefficient (Wildman–Crippen LogP) is 3.67. The normalized spacial score (nSPS) is 17.8. The van der Waals surface area contributed by atoms with Crippen molar-refractivity contribution in [1.29, 1.82) is 0 Å². The Bertz CT molecular complexity index is 358. The molecule has 0 aliphatic carbocycles. The number of hydrogen-bond acceptors (Lipinski definition) is 3. The maximum Gasteiger partial charge on any atom is 0.0360 e. The van der Waals surface area contributed by atoms with Crippen LogP contribution < -0.4 is 5.73 Å². The molecule has 0 amide bonds. The van der Waals surface area contributed by atoms with Gasteiger partial charge in [0.25, 0.3) is 0 Å². The maximum absolute atomic E-state index is 5.80. The minimum absolute atomic E-state index is 0.526. The van der Waals surface area contributed by atoms with E-state index in [1.165, 1.54) is 48.6 Å². The van der Waals surface area contributed by atoms with Gasteiger partial charge in [-0.3, -0.25) is 4.90 Å². The number of hydrogen-bond donors (Lipinski definition) is 1. The van der Waals surface area contributed by atoms with Gasteiger partial charge in [-0.05, 0) is 68.8 Å². The molecule has 1 saturated heterocycles. The van der Waals surface area contributed by atoms with Crippen LogP contribution >= 0.6 is 11.8 Å². The molecule has 2 rings (SSSR count). The van der Waals surface area contributed by atoms with Crippen molar-refractivity contribution in [3.8, 4) is 0 Å². The van der Waals surface area contributed by atoms with Crippen molar-refractivity contribution in [3.05, 3.63) is 29.8 Å². The highest BCUT2D eigenvalue weighted by atomic mass is 32.2. The van der Waals surface area contributed by atoms with E-state index in [1.54, 1.807) is 0 Å². The second kappa shape index (κ2) is 7.93. The first-order chi connectivity index (χ1) is 9.35. The Balaban J connectivity index is 2.03. The SMILES string of the molecule is CCCSc1ccc(C(CCN)N2CCCC2)cc1. The van der Waals surface area contributed by atoms with Crippen molar-refractivity contribution in [2.45, 2.75) is 43.5 Å². The van der Waals surface area contributed by atoms with E-state index >= 15 is 0 Å². The smallest absolute Gasteiger partial charge is 0.0360 e. The Hall–Kier alpha value is -0.510. The molecular formula is C16H26N2S. The summed E-state index contributed by atoms with van der Waals surface area (Å²) in [5.74, 6) is 1.21. The molecule has 19 heavy (non-hydrogen) atoms. The average molecular weight is 278 g/mol. The lowest BCUT2D eigenvalue weighted by Crippen LogP contribution is -2.27. The molecule has 3 heteroatoms. The first-order valence-electron chi connectivity index (χ1n) is 7.52. The van der Waals surface area contributed by atoms with E-state index in [-0.39, 0.29) is 0 Å². The van der Waals surface area contributed by atoms with E-state index < -0.39 is 0 Å². The lowest BCUT2D eigenvalue weighted by atomic mass is 10.0.